The van der Waals surface area contributed by atoms with Gasteiger partial charge in [0.2, 0.25) is 0 Å². The standard InChI is InChI=1S/C11H12O4/c1-3-4-7-5-8(11(13)14)6-9(15-2)10(7)12/h3,5-6,12H,1,4H2,2H3,(H,13,14)/p-1. The van der Waals surface area contributed by atoms with Crippen LogP contribution in [0.25, 0.3) is 0 Å². The summed E-state index contributed by atoms with van der Waals surface area (Å²) < 4.78 is 4.81. The van der Waals surface area contributed by atoms with Crippen molar-refractivity contribution in [3.8, 4) is 11.5 Å². The molecule has 15 heavy (non-hydrogen) atoms. The SMILES string of the molecule is C=CCc1cc(C(=O)O)cc(OC)c1[O-]. The highest BCUT2D eigenvalue weighted by atomic mass is 16.5. The van der Waals surface area contributed by atoms with Crippen LogP contribution in [0.1, 0.15) is 15.9 Å². The van der Waals surface area contributed by atoms with E-state index in [4.69, 9.17) is 9.84 Å². The predicted molar refractivity (Wildman–Crippen MR) is 53.3 cm³/mol. The number of hydrogen-bond acceptors (Lipinski definition) is 3. The predicted octanol–water partition coefficient (Wildman–Crippen LogP) is 1.20. The fourth-order valence-corrected chi connectivity index (χ4v) is 1.24. The molecule has 4 heteroatoms. The Kier molecular flexibility index (Phi) is 3.33. The maximum absolute atomic E-state index is 11.6. The second-order valence-electron chi connectivity index (χ2n) is 2.96. The monoisotopic (exact) mass is 207 g/mol. The maximum Gasteiger partial charge on any atom is 0.335 e. The number of rotatable bonds is 4. The number of carbonyl (C=O) groups is 1. The molecule has 0 atom stereocenters. The highest BCUT2D eigenvalue weighted by Gasteiger charge is 2.08. The number of ether oxygens (including phenoxy) is 1. The number of hydrogen-bond donors (Lipinski definition) is 1. The smallest absolute Gasteiger partial charge is 0.335 e. The summed E-state index contributed by atoms with van der Waals surface area (Å²) in [5.74, 6) is -1.33. The van der Waals surface area contributed by atoms with Crippen LogP contribution >= 0.6 is 0 Å². The lowest BCUT2D eigenvalue weighted by Gasteiger charge is -2.17. The first-order chi connectivity index (χ1) is 7.10. The summed E-state index contributed by atoms with van der Waals surface area (Å²) in [6, 6.07) is 2.56. The largest absolute Gasteiger partial charge is 0.870 e. The molecular formula is C11H11O4-. The van der Waals surface area contributed by atoms with Gasteiger partial charge in [-0.25, -0.2) is 4.79 Å². The number of methoxy groups -OCH3 is 1. The quantitative estimate of drug-likeness (QED) is 0.753. The second-order valence-corrected chi connectivity index (χ2v) is 2.96. The van der Waals surface area contributed by atoms with E-state index < -0.39 is 5.97 Å². The topological polar surface area (TPSA) is 69.6 Å². The van der Waals surface area contributed by atoms with Gasteiger partial charge >= 0.3 is 5.97 Å². The van der Waals surface area contributed by atoms with Crippen molar-refractivity contribution < 1.29 is 19.7 Å². The molecule has 4 nitrogen and oxygen atoms in total. The van der Waals surface area contributed by atoms with E-state index >= 15 is 0 Å². The second kappa shape index (κ2) is 4.50. The van der Waals surface area contributed by atoms with Gasteiger partial charge in [0, 0.05) is 0 Å². The van der Waals surface area contributed by atoms with Crippen LogP contribution in [0.2, 0.25) is 0 Å². The minimum atomic E-state index is -1.08. The molecular weight excluding hydrogens is 196 g/mol. The molecule has 0 aromatic heterocycles. The fourth-order valence-electron chi connectivity index (χ4n) is 1.24. The van der Waals surface area contributed by atoms with Crippen LogP contribution in [0.5, 0.6) is 11.5 Å². The van der Waals surface area contributed by atoms with Crippen LogP contribution in [-0.4, -0.2) is 18.2 Å². The molecule has 0 aliphatic heterocycles. The summed E-state index contributed by atoms with van der Waals surface area (Å²) in [6.07, 6.45) is 1.87. The molecule has 0 fully saturated rings. The average Bonchev–Trinajstić information content (AvgIpc) is 2.21. The molecule has 0 amide bonds. The first-order valence-electron chi connectivity index (χ1n) is 4.32. The van der Waals surface area contributed by atoms with Gasteiger partial charge in [0.05, 0.1) is 12.7 Å². The van der Waals surface area contributed by atoms with Gasteiger partial charge in [-0.1, -0.05) is 11.8 Å². The molecule has 0 aliphatic rings. The Morgan fingerprint density at radius 2 is 2.33 bits per heavy atom. The highest BCUT2D eigenvalue weighted by Crippen LogP contribution is 2.29. The number of aromatic carboxylic acids is 1. The highest BCUT2D eigenvalue weighted by molar-refractivity contribution is 5.89. The van der Waals surface area contributed by atoms with E-state index in [-0.39, 0.29) is 17.1 Å². The van der Waals surface area contributed by atoms with E-state index in [0.717, 1.165) is 0 Å². The maximum atomic E-state index is 11.6. The number of carboxylic acid groups (broad SMARTS) is 1. The number of carboxylic acids is 1. The third kappa shape index (κ3) is 2.28. The van der Waals surface area contributed by atoms with Crippen molar-refractivity contribution in [3.63, 3.8) is 0 Å². The average molecular weight is 207 g/mol. The van der Waals surface area contributed by atoms with Crippen molar-refractivity contribution in [1.29, 1.82) is 0 Å². The van der Waals surface area contributed by atoms with Crippen LogP contribution in [-0.2, 0) is 6.42 Å². The van der Waals surface area contributed by atoms with Crippen molar-refractivity contribution in [2.24, 2.45) is 0 Å². The number of allylic oxidation sites excluding steroid dienone is 1. The third-order valence-corrected chi connectivity index (χ3v) is 1.96. The van der Waals surface area contributed by atoms with Gasteiger partial charge in [0.25, 0.3) is 0 Å². The Morgan fingerprint density at radius 3 is 2.80 bits per heavy atom. The molecule has 0 bridgehead atoms. The summed E-state index contributed by atoms with van der Waals surface area (Å²) in [5.41, 5.74) is 0.421. The molecule has 1 aromatic rings. The molecule has 0 spiro atoms. The fraction of sp³-hybridized carbons (Fsp3) is 0.182. The van der Waals surface area contributed by atoms with Gasteiger partial charge in [-0.2, -0.15) is 0 Å². The first kappa shape index (κ1) is 11.1. The molecule has 80 valence electrons. The minimum Gasteiger partial charge on any atom is -0.870 e. The summed E-state index contributed by atoms with van der Waals surface area (Å²) in [6.45, 7) is 3.50. The van der Waals surface area contributed by atoms with Gasteiger partial charge in [0.15, 0.2) is 0 Å². The van der Waals surface area contributed by atoms with Crippen molar-refractivity contribution in [2.45, 2.75) is 6.42 Å². The molecule has 0 unspecified atom stereocenters. The molecule has 0 saturated heterocycles. The van der Waals surface area contributed by atoms with Crippen LogP contribution in [0.3, 0.4) is 0 Å². The first-order valence-corrected chi connectivity index (χ1v) is 4.32. The normalized spacial score (nSPS) is 9.67. The van der Waals surface area contributed by atoms with Crippen LogP contribution in [0, 0.1) is 0 Å². The van der Waals surface area contributed by atoms with E-state index in [1.165, 1.54) is 19.2 Å². The molecule has 0 aliphatic carbocycles. The Hall–Kier alpha value is -1.97. The van der Waals surface area contributed by atoms with Crippen molar-refractivity contribution >= 4 is 5.97 Å². The van der Waals surface area contributed by atoms with E-state index in [0.29, 0.717) is 12.0 Å². The molecule has 1 aromatic carbocycles. The lowest BCUT2D eigenvalue weighted by molar-refractivity contribution is -0.271. The van der Waals surface area contributed by atoms with E-state index in [1.807, 2.05) is 0 Å². The van der Waals surface area contributed by atoms with Crippen LogP contribution < -0.4 is 9.84 Å². The van der Waals surface area contributed by atoms with E-state index in [9.17, 15) is 9.90 Å². The third-order valence-electron chi connectivity index (χ3n) is 1.96. The zero-order valence-corrected chi connectivity index (χ0v) is 8.32. The van der Waals surface area contributed by atoms with Crippen molar-refractivity contribution in [1.82, 2.24) is 0 Å². The van der Waals surface area contributed by atoms with Gasteiger partial charge in [-0.05, 0) is 24.1 Å². The van der Waals surface area contributed by atoms with Crippen molar-refractivity contribution in [3.05, 3.63) is 35.9 Å². The zero-order valence-electron chi connectivity index (χ0n) is 8.32. The van der Waals surface area contributed by atoms with E-state index in [1.54, 1.807) is 6.08 Å². The lowest BCUT2D eigenvalue weighted by atomic mass is 10.1. The Morgan fingerprint density at radius 1 is 1.67 bits per heavy atom. The number of benzene rings is 1. The van der Waals surface area contributed by atoms with Gasteiger partial charge < -0.3 is 14.9 Å². The Bertz CT molecular complexity index is 396. The molecule has 0 radical (unpaired) electrons. The summed E-state index contributed by atoms with van der Waals surface area (Å²) in [7, 11) is 1.33. The molecule has 0 heterocycles. The van der Waals surface area contributed by atoms with Gasteiger partial charge in [-0.15, -0.1) is 6.58 Å². The van der Waals surface area contributed by atoms with Gasteiger partial charge in [-0.3, -0.25) is 0 Å². The summed E-state index contributed by atoms with van der Waals surface area (Å²) in [4.78, 5) is 10.8. The van der Waals surface area contributed by atoms with E-state index in [2.05, 4.69) is 6.58 Å². The Labute approximate surface area is 87.4 Å². The minimum absolute atomic E-state index is 0.0447. The summed E-state index contributed by atoms with van der Waals surface area (Å²) >= 11 is 0. The Balaban J connectivity index is 3.30. The van der Waals surface area contributed by atoms with Crippen molar-refractivity contribution in [2.75, 3.05) is 7.11 Å². The van der Waals surface area contributed by atoms with Crippen LogP contribution in [0.15, 0.2) is 24.8 Å². The lowest BCUT2D eigenvalue weighted by Crippen LogP contribution is -2.04. The van der Waals surface area contributed by atoms with Gasteiger partial charge in [0.1, 0.15) is 5.75 Å². The zero-order chi connectivity index (χ0) is 11.4. The summed E-state index contributed by atoms with van der Waals surface area (Å²) in [5, 5.41) is 20.4. The molecule has 0 saturated carbocycles. The molecule has 1 N–H and O–H groups in total. The molecule has 1 rings (SSSR count). The van der Waals surface area contributed by atoms with Crippen LogP contribution in [0.4, 0.5) is 0 Å².